The van der Waals surface area contributed by atoms with Gasteiger partial charge in [0, 0.05) is 12.1 Å². The third kappa shape index (κ3) is 3.40. The van der Waals surface area contributed by atoms with Gasteiger partial charge in [0.2, 0.25) is 0 Å². The fourth-order valence-electron chi connectivity index (χ4n) is 2.59. The molecule has 0 saturated heterocycles. The second kappa shape index (κ2) is 5.68. The summed E-state index contributed by atoms with van der Waals surface area (Å²) in [5.74, 6) is -1.32. The van der Waals surface area contributed by atoms with Crippen molar-refractivity contribution in [1.82, 2.24) is 0 Å². The molecule has 7 heteroatoms. The monoisotopic (exact) mass is 288 g/mol. The van der Waals surface area contributed by atoms with E-state index >= 15 is 0 Å². The van der Waals surface area contributed by atoms with Crippen LogP contribution in [0.25, 0.3) is 0 Å². The van der Waals surface area contributed by atoms with Gasteiger partial charge >= 0.3 is 6.18 Å². The van der Waals surface area contributed by atoms with Gasteiger partial charge in [0.25, 0.3) is 5.69 Å². The Morgan fingerprint density at radius 1 is 1.25 bits per heavy atom. The molecule has 0 heterocycles. The molecule has 2 rings (SSSR count). The Morgan fingerprint density at radius 2 is 1.95 bits per heavy atom. The number of alkyl halides is 3. The minimum atomic E-state index is -4.19. The number of benzene rings is 1. The molecule has 1 fully saturated rings. The summed E-state index contributed by atoms with van der Waals surface area (Å²) in [5, 5.41) is 13.8. The molecule has 20 heavy (non-hydrogen) atoms. The van der Waals surface area contributed by atoms with Crippen LogP contribution in [0.3, 0.4) is 0 Å². The molecule has 0 radical (unpaired) electrons. The highest BCUT2D eigenvalue weighted by molar-refractivity contribution is 5.61. The maximum atomic E-state index is 12.7. The maximum absolute atomic E-state index is 12.7. The van der Waals surface area contributed by atoms with Crippen LogP contribution < -0.4 is 5.32 Å². The number of hydrogen-bond donors (Lipinski definition) is 1. The molecular formula is C13H15F3N2O2. The maximum Gasteiger partial charge on any atom is 0.391 e. The predicted molar refractivity (Wildman–Crippen MR) is 68.5 cm³/mol. The molecule has 0 aliphatic heterocycles. The van der Waals surface area contributed by atoms with Gasteiger partial charge in [0.15, 0.2) is 0 Å². The van der Waals surface area contributed by atoms with Crippen LogP contribution in [-0.4, -0.2) is 17.1 Å². The summed E-state index contributed by atoms with van der Waals surface area (Å²) < 4.78 is 38.2. The summed E-state index contributed by atoms with van der Waals surface area (Å²) in [6.07, 6.45) is -3.02. The van der Waals surface area contributed by atoms with E-state index in [9.17, 15) is 23.3 Å². The van der Waals surface area contributed by atoms with Gasteiger partial charge in [-0.2, -0.15) is 13.2 Å². The number of anilines is 1. The number of nitro benzene ring substituents is 1. The minimum absolute atomic E-state index is 0.0322. The summed E-state index contributed by atoms with van der Waals surface area (Å²) in [6.45, 7) is 0. The quantitative estimate of drug-likeness (QED) is 0.672. The van der Waals surface area contributed by atoms with E-state index in [1.54, 1.807) is 6.07 Å². The Kier molecular flexibility index (Phi) is 4.15. The molecule has 1 N–H and O–H groups in total. The van der Waals surface area contributed by atoms with E-state index in [-0.39, 0.29) is 30.3 Å². The highest BCUT2D eigenvalue weighted by Crippen LogP contribution is 2.39. The molecule has 110 valence electrons. The summed E-state index contributed by atoms with van der Waals surface area (Å²) in [7, 11) is 0. The average Bonchev–Trinajstić information content (AvgIpc) is 2.38. The molecule has 1 aliphatic carbocycles. The van der Waals surface area contributed by atoms with Crippen LogP contribution in [0.2, 0.25) is 0 Å². The zero-order chi connectivity index (χ0) is 14.8. The van der Waals surface area contributed by atoms with Crippen molar-refractivity contribution in [1.29, 1.82) is 0 Å². The lowest BCUT2D eigenvalue weighted by atomic mass is 9.85. The molecular weight excluding hydrogens is 273 g/mol. The number of nitrogens with one attached hydrogen (secondary N) is 1. The van der Waals surface area contributed by atoms with Crippen molar-refractivity contribution < 1.29 is 18.1 Å². The summed E-state index contributed by atoms with van der Waals surface area (Å²) in [4.78, 5) is 10.3. The standard InChI is InChI=1S/C13H15F3N2O2/c14-13(15,16)9-4-3-5-10(8-9)17-11-6-1-2-7-12(11)18(19)20/h1-2,6-7,9-10,17H,3-5,8H2. The van der Waals surface area contributed by atoms with Gasteiger partial charge in [-0.15, -0.1) is 0 Å². The van der Waals surface area contributed by atoms with Gasteiger partial charge in [-0.05, 0) is 25.3 Å². The molecule has 0 amide bonds. The molecule has 1 aromatic carbocycles. The van der Waals surface area contributed by atoms with E-state index in [2.05, 4.69) is 5.32 Å². The van der Waals surface area contributed by atoms with Gasteiger partial charge in [0.05, 0.1) is 10.8 Å². The van der Waals surface area contributed by atoms with E-state index in [0.29, 0.717) is 12.8 Å². The van der Waals surface area contributed by atoms with E-state index in [1.807, 2.05) is 0 Å². The first kappa shape index (κ1) is 14.6. The van der Waals surface area contributed by atoms with Crippen LogP contribution >= 0.6 is 0 Å². The predicted octanol–water partition coefficient (Wildman–Crippen LogP) is 4.13. The van der Waals surface area contributed by atoms with E-state index < -0.39 is 17.0 Å². The van der Waals surface area contributed by atoms with E-state index in [0.717, 1.165) is 0 Å². The largest absolute Gasteiger partial charge is 0.391 e. The van der Waals surface area contributed by atoms with Crippen molar-refractivity contribution in [3.63, 3.8) is 0 Å². The summed E-state index contributed by atoms with van der Waals surface area (Å²) in [5.41, 5.74) is 0.173. The van der Waals surface area contributed by atoms with Crippen molar-refractivity contribution in [2.75, 3.05) is 5.32 Å². The Labute approximate surface area is 114 Å². The number of para-hydroxylation sites is 2. The average molecular weight is 288 g/mol. The number of hydrogen-bond acceptors (Lipinski definition) is 3. The highest BCUT2D eigenvalue weighted by Gasteiger charge is 2.42. The molecule has 0 aromatic heterocycles. The van der Waals surface area contributed by atoms with Gasteiger partial charge in [-0.3, -0.25) is 10.1 Å². The Bertz CT molecular complexity index is 491. The van der Waals surface area contributed by atoms with Crippen molar-refractivity contribution in [2.45, 2.75) is 37.9 Å². The molecule has 1 saturated carbocycles. The van der Waals surface area contributed by atoms with E-state index in [4.69, 9.17) is 0 Å². The zero-order valence-corrected chi connectivity index (χ0v) is 10.7. The topological polar surface area (TPSA) is 55.2 Å². The number of nitro groups is 1. The smallest absolute Gasteiger partial charge is 0.377 e. The second-order valence-corrected chi connectivity index (χ2v) is 5.02. The molecule has 1 aliphatic rings. The Balaban J connectivity index is 2.09. The van der Waals surface area contributed by atoms with Crippen LogP contribution in [-0.2, 0) is 0 Å². The highest BCUT2D eigenvalue weighted by atomic mass is 19.4. The molecule has 0 spiro atoms. The Morgan fingerprint density at radius 3 is 2.60 bits per heavy atom. The van der Waals surface area contributed by atoms with Gasteiger partial charge in [0.1, 0.15) is 5.69 Å². The summed E-state index contributed by atoms with van der Waals surface area (Å²) >= 11 is 0. The van der Waals surface area contributed by atoms with Crippen LogP contribution in [0.1, 0.15) is 25.7 Å². The van der Waals surface area contributed by atoms with Crippen LogP contribution in [0.15, 0.2) is 24.3 Å². The van der Waals surface area contributed by atoms with Gasteiger partial charge in [-0.1, -0.05) is 18.6 Å². The summed E-state index contributed by atoms with van der Waals surface area (Å²) in [6, 6.07) is 5.64. The normalized spacial score (nSPS) is 23.4. The van der Waals surface area contributed by atoms with Crippen molar-refractivity contribution >= 4 is 11.4 Å². The zero-order valence-electron chi connectivity index (χ0n) is 10.7. The van der Waals surface area contributed by atoms with Crippen molar-refractivity contribution in [2.24, 2.45) is 5.92 Å². The van der Waals surface area contributed by atoms with E-state index in [1.165, 1.54) is 18.2 Å². The third-order valence-electron chi connectivity index (χ3n) is 3.60. The number of halogens is 3. The molecule has 2 atom stereocenters. The molecule has 4 nitrogen and oxygen atoms in total. The lowest BCUT2D eigenvalue weighted by Gasteiger charge is -2.31. The molecule has 0 bridgehead atoms. The third-order valence-corrected chi connectivity index (χ3v) is 3.60. The van der Waals surface area contributed by atoms with Crippen molar-refractivity contribution in [3.8, 4) is 0 Å². The van der Waals surface area contributed by atoms with Gasteiger partial charge in [-0.25, -0.2) is 0 Å². The van der Waals surface area contributed by atoms with Crippen LogP contribution in [0.5, 0.6) is 0 Å². The van der Waals surface area contributed by atoms with Crippen LogP contribution in [0, 0.1) is 16.0 Å². The minimum Gasteiger partial charge on any atom is -0.377 e. The van der Waals surface area contributed by atoms with Crippen LogP contribution in [0.4, 0.5) is 24.5 Å². The Hall–Kier alpha value is -1.79. The fourth-order valence-corrected chi connectivity index (χ4v) is 2.59. The lowest BCUT2D eigenvalue weighted by Crippen LogP contribution is -2.34. The SMILES string of the molecule is O=[N+]([O-])c1ccccc1NC1CCCC(C(F)(F)F)C1. The van der Waals surface area contributed by atoms with Crippen molar-refractivity contribution in [3.05, 3.63) is 34.4 Å². The number of rotatable bonds is 3. The second-order valence-electron chi connectivity index (χ2n) is 5.02. The van der Waals surface area contributed by atoms with Gasteiger partial charge < -0.3 is 5.32 Å². The first-order valence-corrected chi connectivity index (χ1v) is 6.44. The fraction of sp³-hybridized carbons (Fsp3) is 0.538. The number of nitrogens with zero attached hydrogens (tertiary/aromatic N) is 1. The molecule has 2 unspecified atom stereocenters. The first-order chi connectivity index (χ1) is 9.38. The lowest BCUT2D eigenvalue weighted by molar-refractivity contribution is -0.384. The first-order valence-electron chi connectivity index (χ1n) is 6.44. The molecule has 1 aromatic rings.